The number of carbonyl (C=O) groups is 2. The summed E-state index contributed by atoms with van der Waals surface area (Å²) in [6, 6.07) is 16.6. The van der Waals surface area contributed by atoms with E-state index in [0.717, 1.165) is 12.1 Å². The molecule has 0 heterocycles. The Hall–Kier alpha value is -3.12. The van der Waals surface area contributed by atoms with Crippen molar-refractivity contribution in [2.75, 3.05) is 39.0 Å². The van der Waals surface area contributed by atoms with Crippen LogP contribution in [0.5, 0.6) is 0 Å². The average molecular weight is 380 g/mol. The third-order valence-electron chi connectivity index (χ3n) is 4.13. The molecule has 2 aromatic rings. The second-order valence-electron chi connectivity index (χ2n) is 6.72. The van der Waals surface area contributed by atoms with E-state index in [1.165, 1.54) is 0 Å². The second-order valence-corrected chi connectivity index (χ2v) is 6.72. The highest BCUT2D eigenvalue weighted by Gasteiger charge is 2.15. The molecule has 0 aliphatic carbocycles. The van der Waals surface area contributed by atoms with Crippen molar-refractivity contribution in [2.24, 2.45) is 0 Å². The molecule has 2 N–H and O–H groups in total. The summed E-state index contributed by atoms with van der Waals surface area (Å²) in [6.45, 7) is 5.89. The van der Waals surface area contributed by atoms with Gasteiger partial charge in [0.15, 0.2) is 0 Å². The van der Waals surface area contributed by atoms with E-state index in [1.807, 2.05) is 49.3 Å². The van der Waals surface area contributed by atoms with Crippen LogP contribution in [-0.4, -0.2) is 55.5 Å². The number of anilines is 1. The molecular weight excluding hydrogens is 352 g/mol. The number of nitrogens with one attached hydrogen (secondary N) is 2. The molecule has 3 amide bonds. The van der Waals surface area contributed by atoms with Crippen LogP contribution in [0.2, 0.25) is 0 Å². The zero-order valence-corrected chi connectivity index (χ0v) is 16.5. The maximum Gasteiger partial charge on any atom is 0.322 e. The van der Waals surface area contributed by atoms with Crippen molar-refractivity contribution >= 4 is 17.6 Å². The predicted octanol–water partition coefficient (Wildman–Crippen LogP) is 3.20. The molecular formula is C22H28N4O2. The minimum Gasteiger partial charge on any atom is -0.349 e. The second kappa shape index (κ2) is 10.9. The van der Waals surface area contributed by atoms with Gasteiger partial charge in [0.05, 0.1) is 0 Å². The molecule has 2 aromatic carbocycles. The van der Waals surface area contributed by atoms with Crippen molar-refractivity contribution in [1.29, 1.82) is 0 Å². The molecule has 0 unspecified atom stereocenters. The Morgan fingerprint density at radius 1 is 1.00 bits per heavy atom. The highest BCUT2D eigenvalue weighted by atomic mass is 16.2. The maximum atomic E-state index is 12.8. The largest absolute Gasteiger partial charge is 0.349 e. The molecule has 0 saturated heterocycles. The van der Waals surface area contributed by atoms with Gasteiger partial charge in [0.25, 0.3) is 5.91 Å². The summed E-state index contributed by atoms with van der Waals surface area (Å²) in [5.41, 5.74) is 2.26. The van der Waals surface area contributed by atoms with Gasteiger partial charge in [-0.15, -0.1) is 6.58 Å². The Morgan fingerprint density at radius 2 is 1.68 bits per heavy atom. The molecule has 0 atom stereocenters. The van der Waals surface area contributed by atoms with Crippen LogP contribution in [0.3, 0.4) is 0 Å². The molecule has 0 radical (unpaired) electrons. The first-order chi connectivity index (χ1) is 13.5. The molecule has 2 rings (SSSR count). The number of benzene rings is 2. The van der Waals surface area contributed by atoms with E-state index in [4.69, 9.17) is 0 Å². The Bertz CT molecular complexity index is 773. The van der Waals surface area contributed by atoms with Crippen LogP contribution < -0.4 is 10.6 Å². The lowest BCUT2D eigenvalue weighted by molar-refractivity contribution is 0.0958. The fourth-order valence-electron chi connectivity index (χ4n) is 2.55. The molecule has 0 spiro atoms. The summed E-state index contributed by atoms with van der Waals surface area (Å²) in [6.07, 6.45) is 1.63. The lowest BCUT2D eigenvalue weighted by Gasteiger charge is -2.25. The summed E-state index contributed by atoms with van der Waals surface area (Å²) >= 11 is 0. The van der Waals surface area contributed by atoms with Crippen LogP contribution in [-0.2, 0) is 6.54 Å². The first-order valence-corrected chi connectivity index (χ1v) is 9.23. The Balaban J connectivity index is 2.02. The minimum atomic E-state index is -0.172. The van der Waals surface area contributed by atoms with Crippen molar-refractivity contribution in [3.63, 3.8) is 0 Å². The van der Waals surface area contributed by atoms with Gasteiger partial charge in [-0.2, -0.15) is 0 Å². The van der Waals surface area contributed by atoms with Gasteiger partial charge in [-0.05, 0) is 43.9 Å². The van der Waals surface area contributed by atoms with Gasteiger partial charge < -0.3 is 20.4 Å². The van der Waals surface area contributed by atoms with Crippen LogP contribution in [0, 0.1) is 0 Å². The van der Waals surface area contributed by atoms with Gasteiger partial charge in [-0.3, -0.25) is 4.79 Å². The smallest absolute Gasteiger partial charge is 0.322 e. The molecule has 0 fully saturated rings. The number of nitrogens with zero attached hydrogens (tertiary/aromatic N) is 2. The molecule has 28 heavy (non-hydrogen) atoms. The first-order valence-electron chi connectivity index (χ1n) is 9.23. The zero-order valence-electron chi connectivity index (χ0n) is 16.5. The molecule has 0 aromatic heterocycles. The van der Waals surface area contributed by atoms with Crippen molar-refractivity contribution in [3.8, 4) is 0 Å². The third kappa shape index (κ3) is 6.89. The molecule has 6 heteroatoms. The molecule has 0 saturated carbocycles. The van der Waals surface area contributed by atoms with E-state index >= 15 is 0 Å². The number of carbonyl (C=O) groups excluding carboxylic acids is 2. The van der Waals surface area contributed by atoms with Crippen LogP contribution in [0.1, 0.15) is 15.9 Å². The van der Waals surface area contributed by atoms with E-state index in [1.54, 1.807) is 35.2 Å². The maximum absolute atomic E-state index is 12.8. The Labute approximate surface area is 166 Å². The fourth-order valence-corrected chi connectivity index (χ4v) is 2.55. The molecule has 148 valence electrons. The quantitative estimate of drug-likeness (QED) is 0.657. The van der Waals surface area contributed by atoms with Gasteiger partial charge in [0.1, 0.15) is 0 Å². The highest BCUT2D eigenvalue weighted by Crippen LogP contribution is 2.12. The lowest BCUT2D eigenvalue weighted by Crippen LogP contribution is -2.39. The standard InChI is InChI=1S/C22H28N4O2/c1-4-14-23-21(27)19-10-12-20(13-11-19)24-22(28)26(16-15-25(2)3)17-18-8-6-5-7-9-18/h4-13H,1,14-17H2,2-3H3,(H,23,27)(H,24,28). The summed E-state index contributed by atoms with van der Waals surface area (Å²) in [4.78, 5) is 28.6. The van der Waals surface area contributed by atoms with E-state index in [9.17, 15) is 9.59 Å². The minimum absolute atomic E-state index is 0.172. The van der Waals surface area contributed by atoms with E-state index < -0.39 is 0 Å². The first kappa shape index (κ1) is 21.2. The number of likely N-dealkylation sites (N-methyl/N-ethyl adjacent to an activating group) is 1. The van der Waals surface area contributed by atoms with Crippen molar-refractivity contribution in [2.45, 2.75) is 6.54 Å². The third-order valence-corrected chi connectivity index (χ3v) is 4.13. The van der Waals surface area contributed by atoms with Gasteiger partial charge in [0, 0.05) is 37.4 Å². The summed E-state index contributed by atoms with van der Waals surface area (Å²) in [7, 11) is 3.96. The predicted molar refractivity (Wildman–Crippen MR) is 113 cm³/mol. The molecule has 0 aliphatic heterocycles. The number of urea groups is 1. The molecule has 6 nitrogen and oxygen atoms in total. The molecule has 0 aliphatic rings. The SMILES string of the molecule is C=CCNC(=O)c1ccc(NC(=O)N(CCN(C)C)Cc2ccccc2)cc1. The topological polar surface area (TPSA) is 64.7 Å². The van der Waals surface area contributed by atoms with Crippen molar-refractivity contribution in [1.82, 2.24) is 15.1 Å². The Morgan fingerprint density at radius 3 is 2.29 bits per heavy atom. The molecule has 0 bridgehead atoms. The number of rotatable bonds is 9. The van der Waals surface area contributed by atoms with Crippen molar-refractivity contribution < 1.29 is 9.59 Å². The lowest BCUT2D eigenvalue weighted by atomic mass is 10.2. The van der Waals surface area contributed by atoms with Crippen LogP contribution >= 0.6 is 0 Å². The number of hydrogen-bond acceptors (Lipinski definition) is 3. The summed E-state index contributed by atoms with van der Waals surface area (Å²) in [5.74, 6) is -0.172. The normalized spacial score (nSPS) is 10.4. The zero-order chi connectivity index (χ0) is 20.4. The average Bonchev–Trinajstić information content (AvgIpc) is 2.70. The van der Waals surface area contributed by atoms with Gasteiger partial charge >= 0.3 is 6.03 Å². The monoisotopic (exact) mass is 380 g/mol. The van der Waals surface area contributed by atoms with Gasteiger partial charge in [-0.25, -0.2) is 4.79 Å². The number of amides is 3. The Kier molecular flexibility index (Phi) is 8.24. The van der Waals surface area contributed by atoms with Crippen LogP contribution in [0.25, 0.3) is 0 Å². The van der Waals surface area contributed by atoms with E-state index in [2.05, 4.69) is 17.2 Å². The van der Waals surface area contributed by atoms with Gasteiger partial charge in [-0.1, -0.05) is 36.4 Å². The van der Waals surface area contributed by atoms with Gasteiger partial charge in [0.2, 0.25) is 0 Å². The number of hydrogen-bond donors (Lipinski definition) is 2. The fraction of sp³-hybridized carbons (Fsp3) is 0.273. The summed E-state index contributed by atoms with van der Waals surface area (Å²) in [5, 5.41) is 5.64. The van der Waals surface area contributed by atoms with Crippen molar-refractivity contribution in [3.05, 3.63) is 78.4 Å². The van der Waals surface area contributed by atoms with Crippen LogP contribution in [0.15, 0.2) is 67.3 Å². The van der Waals surface area contributed by atoms with E-state index in [-0.39, 0.29) is 11.9 Å². The summed E-state index contributed by atoms with van der Waals surface area (Å²) < 4.78 is 0. The van der Waals surface area contributed by atoms with E-state index in [0.29, 0.717) is 30.9 Å². The highest BCUT2D eigenvalue weighted by molar-refractivity contribution is 5.95. The van der Waals surface area contributed by atoms with Crippen LogP contribution in [0.4, 0.5) is 10.5 Å².